The van der Waals surface area contributed by atoms with Crippen LogP contribution in [0, 0.1) is 0 Å². The van der Waals surface area contributed by atoms with Gasteiger partial charge in [-0.2, -0.15) is 0 Å². The van der Waals surface area contributed by atoms with E-state index in [1.54, 1.807) is 36.4 Å². The highest BCUT2D eigenvalue weighted by molar-refractivity contribution is 6.30. The molecule has 3 amide bonds. The lowest BCUT2D eigenvalue weighted by Crippen LogP contribution is -2.29. The fraction of sp³-hybridized carbons (Fsp3) is 0.240. The lowest BCUT2D eigenvalue weighted by molar-refractivity contribution is 0.102. The minimum atomic E-state index is -0.372. The molecule has 0 bridgehead atoms. The predicted molar refractivity (Wildman–Crippen MR) is 132 cm³/mol. The molecule has 8 nitrogen and oxygen atoms in total. The number of benzene rings is 2. The maximum Gasteiger partial charge on any atom is 0.319 e. The van der Waals surface area contributed by atoms with Crippen LogP contribution in [0.25, 0.3) is 0 Å². The number of pyridine rings is 1. The van der Waals surface area contributed by atoms with Crippen LogP contribution < -0.4 is 16.0 Å². The van der Waals surface area contributed by atoms with E-state index in [9.17, 15) is 14.7 Å². The molecular formula is C25H26ClN5O3. The molecule has 9 heteroatoms. The van der Waals surface area contributed by atoms with Crippen LogP contribution in [0.4, 0.5) is 16.3 Å². The fourth-order valence-corrected chi connectivity index (χ4v) is 3.92. The number of aliphatic hydroxyl groups is 1. The normalized spacial score (nSPS) is 15.6. The SMILES string of the molecule is O=C(NCc1ccccc1CN1CCC(O)C1)Nc1cccc(C(=O)Nc2ccc(Cl)cn2)c1. The van der Waals surface area contributed by atoms with Gasteiger partial charge < -0.3 is 21.1 Å². The lowest BCUT2D eigenvalue weighted by Gasteiger charge is -2.18. The Balaban J connectivity index is 1.32. The monoisotopic (exact) mass is 479 g/mol. The van der Waals surface area contributed by atoms with Gasteiger partial charge >= 0.3 is 6.03 Å². The lowest BCUT2D eigenvalue weighted by atomic mass is 10.1. The number of halogens is 1. The van der Waals surface area contributed by atoms with Gasteiger partial charge in [0.2, 0.25) is 0 Å². The maximum absolute atomic E-state index is 12.5. The molecule has 176 valence electrons. The van der Waals surface area contributed by atoms with E-state index in [4.69, 9.17) is 11.6 Å². The zero-order valence-corrected chi connectivity index (χ0v) is 19.3. The number of rotatable bonds is 7. The summed E-state index contributed by atoms with van der Waals surface area (Å²) >= 11 is 5.82. The van der Waals surface area contributed by atoms with Crippen LogP contribution in [0.5, 0.6) is 0 Å². The summed E-state index contributed by atoms with van der Waals surface area (Å²) in [6, 6.07) is 17.5. The molecule has 1 atom stereocenters. The number of likely N-dealkylation sites (tertiary alicyclic amines) is 1. The first-order chi connectivity index (χ1) is 16.5. The molecule has 0 radical (unpaired) electrons. The number of aliphatic hydroxyl groups excluding tert-OH is 1. The molecule has 0 saturated carbocycles. The van der Waals surface area contributed by atoms with Crippen molar-refractivity contribution in [3.05, 3.63) is 88.6 Å². The highest BCUT2D eigenvalue weighted by atomic mass is 35.5. The van der Waals surface area contributed by atoms with Crippen molar-refractivity contribution in [2.24, 2.45) is 0 Å². The Morgan fingerprint density at radius 3 is 2.62 bits per heavy atom. The second kappa shape index (κ2) is 11.1. The summed E-state index contributed by atoms with van der Waals surface area (Å²) in [5.74, 6) is 0.0347. The molecule has 1 aliphatic rings. The number of amides is 3. The average molecular weight is 480 g/mol. The molecule has 0 aliphatic carbocycles. The zero-order chi connectivity index (χ0) is 23.9. The Hall–Kier alpha value is -3.46. The van der Waals surface area contributed by atoms with Gasteiger partial charge in [0, 0.05) is 43.6 Å². The molecule has 4 N–H and O–H groups in total. The van der Waals surface area contributed by atoms with Gasteiger partial charge in [-0.25, -0.2) is 9.78 Å². The molecule has 2 aromatic carbocycles. The van der Waals surface area contributed by atoms with Gasteiger partial charge in [0.05, 0.1) is 11.1 Å². The first-order valence-corrected chi connectivity index (χ1v) is 11.4. The molecule has 3 aromatic rings. The average Bonchev–Trinajstić information content (AvgIpc) is 3.24. The van der Waals surface area contributed by atoms with Crippen LogP contribution in [-0.2, 0) is 13.1 Å². The van der Waals surface area contributed by atoms with Gasteiger partial charge in [-0.05, 0) is 47.9 Å². The van der Waals surface area contributed by atoms with Crippen molar-refractivity contribution in [2.45, 2.75) is 25.6 Å². The van der Waals surface area contributed by atoms with Crippen LogP contribution >= 0.6 is 11.6 Å². The minimum absolute atomic E-state index is 0.267. The topological polar surface area (TPSA) is 107 Å². The summed E-state index contributed by atoms with van der Waals surface area (Å²) in [4.78, 5) is 31.3. The molecular weight excluding hydrogens is 454 g/mol. The number of aromatic nitrogens is 1. The van der Waals surface area contributed by atoms with Crippen molar-refractivity contribution in [1.82, 2.24) is 15.2 Å². The first kappa shape index (κ1) is 23.7. The van der Waals surface area contributed by atoms with Gasteiger partial charge in [0.15, 0.2) is 0 Å². The third-order valence-electron chi connectivity index (χ3n) is 5.55. The second-order valence-electron chi connectivity index (χ2n) is 8.15. The summed E-state index contributed by atoms with van der Waals surface area (Å²) in [6.07, 6.45) is 1.97. The minimum Gasteiger partial charge on any atom is -0.392 e. The molecule has 1 unspecified atom stereocenters. The molecule has 34 heavy (non-hydrogen) atoms. The molecule has 1 aliphatic heterocycles. The Labute approximate surface area is 203 Å². The van der Waals surface area contributed by atoms with E-state index in [2.05, 4.69) is 25.8 Å². The maximum atomic E-state index is 12.5. The number of carbonyl (C=O) groups excluding carboxylic acids is 2. The number of nitrogens with zero attached hydrogens (tertiary/aromatic N) is 2. The van der Waals surface area contributed by atoms with Gasteiger partial charge in [0.25, 0.3) is 5.91 Å². The van der Waals surface area contributed by atoms with E-state index >= 15 is 0 Å². The van der Waals surface area contributed by atoms with Gasteiger partial charge in [0.1, 0.15) is 5.82 Å². The van der Waals surface area contributed by atoms with E-state index < -0.39 is 0 Å². The number of anilines is 2. The van der Waals surface area contributed by atoms with Gasteiger partial charge in [-0.1, -0.05) is 41.9 Å². The van der Waals surface area contributed by atoms with E-state index in [-0.39, 0.29) is 18.0 Å². The van der Waals surface area contributed by atoms with Gasteiger partial charge in [-0.3, -0.25) is 9.69 Å². The Morgan fingerprint density at radius 1 is 1.06 bits per heavy atom. The predicted octanol–water partition coefficient (Wildman–Crippen LogP) is 3.88. The van der Waals surface area contributed by atoms with Crippen molar-refractivity contribution in [1.29, 1.82) is 0 Å². The van der Waals surface area contributed by atoms with E-state index in [0.717, 1.165) is 30.6 Å². The van der Waals surface area contributed by atoms with E-state index in [1.165, 1.54) is 6.20 Å². The second-order valence-corrected chi connectivity index (χ2v) is 8.59. The molecule has 1 saturated heterocycles. The van der Waals surface area contributed by atoms with Crippen LogP contribution in [-0.4, -0.2) is 46.1 Å². The third kappa shape index (κ3) is 6.54. The smallest absolute Gasteiger partial charge is 0.319 e. The standard InChI is InChI=1S/C25H26ClN5O3/c26-20-8-9-23(27-14-20)30-24(33)17-6-3-7-21(12-17)29-25(34)28-13-18-4-1-2-5-19(18)15-31-11-10-22(32)16-31/h1-9,12,14,22,32H,10-11,13,15-16H2,(H,27,30,33)(H2,28,29,34). The highest BCUT2D eigenvalue weighted by Gasteiger charge is 2.20. The van der Waals surface area contributed by atoms with Crippen molar-refractivity contribution in [3.8, 4) is 0 Å². The number of nitrogens with one attached hydrogen (secondary N) is 3. The highest BCUT2D eigenvalue weighted by Crippen LogP contribution is 2.17. The summed E-state index contributed by atoms with van der Waals surface area (Å²) in [6.45, 7) is 2.62. The van der Waals surface area contributed by atoms with Crippen molar-refractivity contribution in [3.63, 3.8) is 0 Å². The third-order valence-corrected chi connectivity index (χ3v) is 5.77. The van der Waals surface area contributed by atoms with Crippen molar-refractivity contribution >= 4 is 35.0 Å². The molecule has 0 spiro atoms. The number of carbonyl (C=O) groups is 2. The van der Waals surface area contributed by atoms with Crippen molar-refractivity contribution in [2.75, 3.05) is 23.7 Å². The summed E-state index contributed by atoms with van der Waals surface area (Å²) in [7, 11) is 0. The molecule has 1 fully saturated rings. The molecule has 2 heterocycles. The summed E-state index contributed by atoms with van der Waals surface area (Å²) < 4.78 is 0. The van der Waals surface area contributed by atoms with Crippen LogP contribution in [0.1, 0.15) is 27.9 Å². The number of hydrogen-bond donors (Lipinski definition) is 4. The molecule has 4 rings (SSSR count). The van der Waals surface area contributed by atoms with E-state index in [0.29, 0.717) is 35.2 Å². The fourth-order valence-electron chi connectivity index (χ4n) is 3.81. The molecule has 1 aromatic heterocycles. The Morgan fingerprint density at radius 2 is 1.88 bits per heavy atom. The van der Waals surface area contributed by atoms with Crippen LogP contribution in [0.15, 0.2) is 66.9 Å². The number of hydrogen-bond acceptors (Lipinski definition) is 5. The first-order valence-electron chi connectivity index (χ1n) is 11.0. The largest absolute Gasteiger partial charge is 0.392 e. The quantitative estimate of drug-likeness (QED) is 0.411. The summed E-state index contributed by atoms with van der Waals surface area (Å²) in [5.41, 5.74) is 3.01. The van der Waals surface area contributed by atoms with E-state index in [1.807, 2.05) is 24.3 Å². The number of urea groups is 1. The van der Waals surface area contributed by atoms with Crippen molar-refractivity contribution < 1.29 is 14.7 Å². The number of β-amino-alcohol motifs (C(OH)–C–C–N with tert-alkyl or cyclic N) is 1. The Bertz CT molecular complexity index is 1160. The van der Waals surface area contributed by atoms with Crippen LogP contribution in [0.2, 0.25) is 5.02 Å². The summed E-state index contributed by atoms with van der Waals surface area (Å²) in [5, 5.41) is 18.6. The van der Waals surface area contributed by atoms with Crippen LogP contribution in [0.3, 0.4) is 0 Å². The van der Waals surface area contributed by atoms with Gasteiger partial charge in [-0.15, -0.1) is 0 Å². The zero-order valence-electron chi connectivity index (χ0n) is 18.5. The Kier molecular flexibility index (Phi) is 7.74.